The Labute approximate surface area is 244 Å². The molecule has 1 amide bonds. The van der Waals surface area contributed by atoms with E-state index >= 15 is 0 Å². The molecule has 4 aliphatic rings. The normalized spacial score (nSPS) is 34.3. The molecule has 220 valence electrons. The molecule has 2 aliphatic carbocycles. The van der Waals surface area contributed by atoms with Gasteiger partial charge in [0.2, 0.25) is 0 Å². The van der Waals surface area contributed by atoms with Crippen LogP contribution in [-0.2, 0) is 26.5 Å². The van der Waals surface area contributed by atoms with Gasteiger partial charge in [-0.15, -0.1) is 4.36 Å². The summed E-state index contributed by atoms with van der Waals surface area (Å²) in [6.45, 7) is 6.42. The fourth-order valence-electron chi connectivity index (χ4n) is 7.49. The zero-order chi connectivity index (χ0) is 28.8. The second-order valence-corrected chi connectivity index (χ2v) is 14.8. The summed E-state index contributed by atoms with van der Waals surface area (Å²) in [5.41, 5.74) is 5.26. The molecule has 2 aromatic carbocycles. The maximum Gasteiger partial charge on any atom is 0.286 e. The number of amides is 1. The van der Waals surface area contributed by atoms with Crippen molar-refractivity contribution in [3.8, 4) is 5.75 Å². The molecule has 2 aromatic rings. The lowest BCUT2D eigenvalue weighted by molar-refractivity contribution is 0.0131. The Bertz CT molecular complexity index is 1480. The summed E-state index contributed by atoms with van der Waals surface area (Å²) < 4.78 is 29.8. The Morgan fingerprint density at radius 3 is 2.83 bits per heavy atom. The number of fused-ring (bicyclic) bond motifs is 4. The molecule has 2 bridgehead atoms. The number of aryl methyl sites for hydroxylation is 2. The molecule has 0 saturated heterocycles. The van der Waals surface area contributed by atoms with Crippen LogP contribution in [0, 0.1) is 24.7 Å². The molecule has 2 heterocycles. The van der Waals surface area contributed by atoms with E-state index in [1.807, 2.05) is 19.1 Å². The highest BCUT2D eigenvalue weighted by atomic mass is 32.2. The average Bonchev–Trinajstić information content (AvgIpc) is 3.06. The summed E-state index contributed by atoms with van der Waals surface area (Å²) in [5, 5.41) is 6.10. The van der Waals surface area contributed by atoms with Gasteiger partial charge in [0.1, 0.15) is 15.7 Å². The van der Waals surface area contributed by atoms with Crippen LogP contribution >= 0.6 is 0 Å². The van der Waals surface area contributed by atoms with E-state index in [1.54, 1.807) is 13.2 Å². The number of nitrogens with zero attached hydrogens (tertiary/aromatic N) is 2. The minimum atomic E-state index is -3.17. The van der Waals surface area contributed by atoms with Crippen LogP contribution in [0.5, 0.6) is 5.75 Å². The van der Waals surface area contributed by atoms with Gasteiger partial charge < -0.3 is 14.4 Å². The van der Waals surface area contributed by atoms with E-state index in [0.717, 1.165) is 56.6 Å². The summed E-state index contributed by atoms with van der Waals surface area (Å²) in [6.07, 6.45) is 10.6. The van der Waals surface area contributed by atoms with E-state index in [9.17, 15) is 9.00 Å². The third kappa shape index (κ3) is 5.71. The van der Waals surface area contributed by atoms with Gasteiger partial charge in [0.15, 0.2) is 0 Å². The summed E-state index contributed by atoms with van der Waals surface area (Å²) in [4.78, 5) is 15.7. The van der Waals surface area contributed by atoms with Crippen molar-refractivity contribution in [2.75, 3.05) is 37.5 Å². The lowest BCUT2D eigenvalue weighted by Gasteiger charge is -2.46. The lowest BCUT2D eigenvalue weighted by Crippen LogP contribution is -2.49. The van der Waals surface area contributed by atoms with Gasteiger partial charge in [0, 0.05) is 36.9 Å². The van der Waals surface area contributed by atoms with Crippen LogP contribution in [0.1, 0.15) is 66.1 Å². The number of anilines is 1. The van der Waals surface area contributed by atoms with Gasteiger partial charge in [-0.3, -0.25) is 4.79 Å². The number of carbonyl (C=O) groups excluding carboxylic acids is 1. The number of rotatable bonds is 1. The van der Waals surface area contributed by atoms with Crippen LogP contribution in [0.4, 0.5) is 5.69 Å². The highest BCUT2D eigenvalue weighted by molar-refractivity contribution is 7.91. The highest BCUT2D eigenvalue weighted by Gasteiger charge is 2.44. The van der Waals surface area contributed by atoms with Crippen molar-refractivity contribution < 1.29 is 18.5 Å². The molecular weight excluding hydrogens is 534 g/mol. The summed E-state index contributed by atoms with van der Waals surface area (Å²) >= 11 is 0. The zero-order valence-electron chi connectivity index (χ0n) is 24.5. The number of benzene rings is 2. The van der Waals surface area contributed by atoms with Crippen molar-refractivity contribution in [2.45, 2.75) is 63.9 Å². The Hall–Kier alpha value is -2.68. The second-order valence-electron chi connectivity index (χ2n) is 12.9. The van der Waals surface area contributed by atoms with Crippen molar-refractivity contribution in [3.63, 3.8) is 0 Å². The molecule has 1 unspecified atom stereocenters. The number of ether oxygens (including phenoxy) is 2. The van der Waals surface area contributed by atoms with E-state index in [4.69, 9.17) is 14.6 Å². The predicted molar refractivity (Wildman–Crippen MR) is 164 cm³/mol. The zero-order valence-corrected chi connectivity index (χ0v) is 25.3. The maximum atomic E-state index is 13.3. The highest BCUT2D eigenvalue weighted by Crippen LogP contribution is 2.46. The van der Waals surface area contributed by atoms with Crippen LogP contribution in [0.15, 0.2) is 52.9 Å². The standard InChI is InChI=1S/C33H43N3O4S/c1-22-9-13-28-24(16-22)7-5-15-33(28)20-36-18-26-10-12-27(26)30(39-3)8-4-6-23(2)19-41(34,38)35-32(37)25-11-14-31(40-21-33)29(36)17-25/h4,8-9,11,13-14,16-17,23,26-27,30H,5-7,10,12,15,18-21H2,1-3H3,(H2,34,35,37,38)/b8-4+/t23-,26-,27+,30-,33-,41?/m0/s1. The number of allylic oxidation sites excluding steroid dienone is 1. The molecule has 0 aromatic heterocycles. The number of hydrogen-bond acceptors (Lipinski definition) is 5. The van der Waals surface area contributed by atoms with Gasteiger partial charge in [-0.1, -0.05) is 42.8 Å². The Morgan fingerprint density at radius 1 is 1.20 bits per heavy atom. The molecule has 1 spiro atoms. The second kappa shape index (κ2) is 11.2. The molecule has 6 atom stereocenters. The van der Waals surface area contributed by atoms with Crippen molar-refractivity contribution in [1.82, 2.24) is 0 Å². The van der Waals surface area contributed by atoms with E-state index in [2.05, 4.69) is 46.5 Å². The molecule has 2 aliphatic heterocycles. The van der Waals surface area contributed by atoms with Gasteiger partial charge in [0.05, 0.1) is 18.4 Å². The third-order valence-electron chi connectivity index (χ3n) is 9.73. The summed E-state index contributed by atoms with van der Waals surface area (Å²) in [6, 6.07) is 12.4. The maximum absolute atomic E-state index is 13.3. The minimum absolute atomic E-state index is 0.0252. The molecule has 1 saturated carbocycles. The first-order valence-electron chi connectivity index (χ1n) is 15.0. The van der Waals surface area contributed by atoms with Crippen LogP contribution in [0.2, 0.25) is 0 Å². The van der Waals surface area contributed by atoms with Crippen molar-refractivity contribution >= 4 is 21.5 Å². The van der Waals surface area contributed by atoms with E-state index in [1.165, 1.54) is 16.7 Å². The molecule has 2 N–H and O–H groups in total. The Kier molecular flexibility index (Phi) is 7.76. The van der Waals surface area contributed by atoms with Gasteiger partial charge in [-0.2, -0.15) is 0 Å². The van der Waals surface area contributed by atoms with E-state index < -0.39 is 15.8 Å². The fourth-order valence-corrected chi connectivity index (χ4v) is 8.90. The number of methoxy groups -OCH3 is 1. The van der Waals surface area contributed by atoms with Crippen molar-refractivity contribution in [1.29, 1.82) is 0 Å². The lowest BCUT2D eigenvalue weighted by atomic mass is 9.68. The minimum Gasteiger partial charge on any atom is -0.490 e. The van der Waals surface area contributed by atoms with Gasteiger partial charge in [-0.25, -0.2) is 9.35 Å². The summed E-state index contributed by atoms with van der Waals surface area (Å²) in [7, 11) is -1.38. The van der Waals surface area contributed by atoms with Gasteiger partial charge in [-0.05, 0) is 92.5 Å². The topological polar surface area (TPSA) is 94.2 Å². The molecule has 6 rings (SSSR count). The van der Waals surface area contributed by atoms with Crippen LogP contribution in [0.25, 0.3) is 0 Å². The van der Waals surface area contributed by atoms with E-state index in [0.29, 0.717) is 30.4 Å². The first-order valence-corrected chi connectivity index (χ1v) is 16.8. The van der Waals surface area contributed by atoms with Crippen LogP contribution < -0.4 is 14.8 Å². The Balaban J connectivity index is 1.44. The first kappa shape index (κ1) is 28.4. The molecule has 7 nitrogen and oxygen atoms in total. The van der Waals surface area contributed by atoms with Crippen LogP contribution in [0.3, 0.4) is 0 Å². The van der Waals surface area contributed by atoms with Gasteiger partial charge >= 0.3 is 0 Å². The molecule has 0 radical (unpaired) electrons. The molecule has 41 heavy (non-hydrogen) atoms. The Morgan fingerprint density at radius 2 is 2.05 bits per heavy atom. The van der Waals surface area contributed by atoms with Gasteiger partial charge in [0.25, 0.3) is 5.91 Å². The average molecular weight is 578 g/mol. The smallest absolute Gasteiger partial charge is 0.286 e. The first-order chi connectivity index (χ1) is 19.7. The quantitative estimate of drug-likeness (QED) is 0.446. The monoisotopic (exact) mass is 577 g/mol. The largest absolute Gasteiger partial charge is 0.490 e. The van der Waals surface area contributed by atoms with E-state index in [-0.39, 0.29) is 23.2 Å². The molecule has 8 heteroatoms. The third-order valence-corrected chi connectivity index (χ3v) is 11.2. The fraction of sp³-hybridized carbons (Fsp3) is 0.545. The number of hydrogen-bond donors (Lipinski definition) is 1. The molecule has 1 fully saturated rings. The van der Waals surface area contributed by atoms with Crippen molar-refractivity contribution in [2.24, 2.45) is 27.3 Å². The summed E-state index contributed by atoms with van der Waals surface area (Å²) in [5.74, 6) is 1.31. The number of nitrogens with two attached hydrogens (primary N) is 1. The van der Waals surface area contributed by atoms with Crippen molar-refractivity contribution in [3.05, 3.63) is 70.8 Å². The SMILES string of the molecule is CO[C@H]1/C=C/C[C@H](C)CS(N)(=O)=NC(=O)c2ccc3c(c2)N(C[C@@H]2CC[C@H]21)C[C@@]1(CCCc2cc(C)ccc21)CO3. The predicted octanol–water partition coefficient (Wildman–Crippen LogP) is 5.59. The number of carbonyl (C=O) groups is 1. The van der Waals surface area contributed by atoms with Crippen LogP contribution in [-0.4, -0.2) is 48.8 Å². The molecular formula is C33H43N3O4S.